The number of rotatable bonds is 4. The minimum atomic E-state index is -0.971. The van der Waals surface area contributed by atoms with E-state index in [0.717, 1.165) is 22.8 Å². The van der Waals surface area contributed by atoms with Crippen LogP contribution in [0.1, 0.15) is 5.56 Å². The quantitative estimate of drug-likeness (QED) is 0.850. The first kappa shape index (κ1) is 12.9. The van der Waals surface area contributed by atoms with Gasteiger partial charge in [-0.1, -0.05) is 36.4 Å². The second-order valence-corrected chi connectivity index (χ2v) is 3.99. The van der Waals surface area contributed by atoms with Crippen LogP contribution in [0.2, 0.25) is 0 Å². The van der Waals surface area contributed by atoms with E-state index in [2.05, 4.69) is 0 Å². The zero-order valence-corrected chi connectivity index (χ0v) is 10.5. The van der Waals surface area contributed by atoms with Crippen LogP contribution >= 0.6 is 0 Å². The number of aliphatic carboxylic acids is 1. The molecular weight excluding hydrogens is 240 g/mol. The van der Waals surface area contributed by atoms with Gasteiger partial charge in [0, 0.05) is 6.08 Å². The average Bonchev–Trinajstić information content (AvgIpc) is 2.45. The summed E-state index contributed by atoms with van der Waals surface area (Å²) in [6.45, 7) is 0. The summed E-state index contributed by atoms with van der Waals surface area (Å²) in [5.74, 6) is -0.272. The molecule has 0 aliphatic carbocycles. The molecule has 0 radical (unpaired) electrons. The van der Waals surface area contributed by atoms with Crippen LogP contribution in [0.4, 0.5) is 0 Å². The van der Waals surface area contributed by atoms with Crippen molar-refractivity contribution < 1.29 is 14.6 Å². The van der Waals surface area contributed by atoms with Gasteiger partial charge >= 0.3 is 5.97 Å². The SMILES string of the molecule is COc1ccc(-c2ccccc2)c(C=CC(=O)O)c1. The summed E-state index contributed by atoms with van der Waals surface area (Å²) >= 11 is 0. The number of hydrogen-bond acceptors (Lipinski definition) is 2. The predicted octanol–water partition coefficient (Wildman–Crippen LogP) is 3.46. The molecule has 19 heavy (non-hydrogen) atoms. The lowest BCUT2D eigenvalue weighted by Crippen LogP contribution is -1.90. The lowest BCUT2D eigenvalue weighted by Gasteiger charge is -2.08. The van der Waals surface area contributed by atoms with Crippen molar-refractivity contribution in [2.45, 2.75) is 0 Å². The largest absolute Gasteiger partial charge is 0.497 e. The maximum Gasteiger partial charge on any atom is 0.328 e. The normalized spacial score (nSPS) is 10.6. The van der Waals surface area contributed by atoms with Gasteiger partial charge in [0.25, 0.3) is 0 Å². The van der Waals surface area contributed by atoms with E-state index >= 15 is 0 Å². The molecule has 2 aromatic rings. The van der Waals surface area contributed by atoms with Gasteiger partial charge in [0.05, 0.1) is 7.11 Å². The summed E-state index contributed by atoms with van der Waals surface area (Å²) in [7, 11) is 1.59. The van der Waals surface area contributed by atoms with Crippen LogP contribution in [0.5, 0.6) is 5.75 Å². The van der Waals surface area contributed by atoms with Crippen molar-refractivity contribution >= 4 is 12.0 Å². The van der Waals surface area contributed by atoms with Crippen molar-refractivity contribution in [3.8, 4) is 16.9 Å². The summed E-state index contributed by atoms with van der Waals surface area (Å²) in [5.41, 5.74) is 2.82. The van der Waals surface area contributed by atoms with Crippen molar-refractivity contribution in [1.82, 2.24) is 0 Å². The van der Waals surface area contributed by atoms with E-state index in [0.29, 0.717) is 5.75 Å². The van der Waals surface area contributed by atoms with Crippen molar-refractivity contribution in [2.75, 3.05) is 7.11 Å². The lowest BCUT2D eigenvalue weighted by atomic mass is 9.99. The Morgan fingerprint density at radius 3 is 2.53 bits per heavy atom. The number of hydrogen-bond donors (Lipinski definition) is 1. The second kappa shape index (κ2) is 5.87. The predicted molar refractivity (Wildman–Crippen MR) is 75.1 cm³/mol. The summed E-state index contributed by atoms with van der Waals surface area (Å²) in [4.78, 5) is 10.7. The minimum absolute atomic E-state index is 0.699. The highest BCUT2D eigenvalue weighted by atomic mass is 16.5. The van der Waals surface area contributed by atoms with Crippen LogP contribution in [-0.4, -0.2) is 18.2 Å². The number of methoxy groups -OCH3 is 1. The fourth-order valence-electron chi connectivity index (χ4n) is 1.85. The fourth-order valence-corrected chi connectivity index (χ4v) is 1.85. The van der Waals surface area contributed by atoms with Crippen LogP contribution in [0.3, 0.4) is 0 Å². The third-order valence-corrected chi connectivity index (χ3v) is 2.75. The Hall–Kier alpha value is -2.55. The highest BCUT2D eigenvalue weighted by Gasteiger charge is 2.04. The standard InChI is InChI=1S/C16H14O3/c1-19-14-8-9-15(12-5-3-2-4-6-12)13(11-14)7-10-16(17)18/h2-11H,1H3,(H,17,18). The summed E-state index contributed by atoms with van der Waals surface area (Å²) in [6, 6.07) is 15.4. The van der Waals surface area contributed by atoms with Gasteiger partial charge in [-0.3, -0.25) is 0 Å². The first-order chi connectivity index (χ1) is 9.20. The maximum atomic E-state index is 10.7. The highest BCUT2D eigenvalue weighted by molar-refractivity contribution is 5.88. The minimum Gasteiger partial charge on any atom is -0.497 e. The first-order valence-corrected chi connectivity index (χ1v) is 5.85. The van der Waals surface area contributed by atoms with Crippen LogP contribution in [0, 0.1) is 0 Å². The fraction of sp³-hybridized carbons (Fsp3) is 0.0625. The average molecular weight is 254 g/mol. The molecule has 2 rings (SSSR count). The van der Waals surface area contributed by atoms with Gasteiger partial charge < -0.3 is 9.84 Å². The van der Waals surface area contributed by atoms with Gasteiger partial charge in [0.2, 0.25) is 0 Å². The molecule has 0 heterocycles. The molecule has 0 saturated heterocycles. The number of benzene rings is 2. The Kier molecular flexibility index (Phi) is 3.98. The Morgan fingerprint density at radius 1 is 1.16 bits per heavy atom. The Bertz CT molecular complexity index is 601. The van der Waals surface area contributed by atoms with Gasteiger partial charge in [-0.25, -0.2) is 4.79 Å². The van der Waals surface area contributed by atoms with Crippen LogP contribution in [0.25, 0.3) is 17.2 Å². The van der Waals surface area contributed by atoms with Gasteiger partial charge in [-0.2, -0.15) is 0 Å². The van der Waals surface area contributed by atoms with Crippen molar-refractivity contribution in [3.63, 3.8) is 0 Å². The van der Waals surface area contributed by atoms with Gasteiger partial charge in [-0.15, -0.1) is 0 Å². The molecule has 3 nitrogen and oxygen atoms in total. The monoisotopic (exact) mass is 254 g/mol. The topological polar surface area (TPSA) is 46.5 Å². The number of carboxylic acid groups (broad SMARTS) is 1. The molecule has 96 valence electrons. The van der Waals surface area contributed by atoms with E-state index in [1.807, 2.05) is 48.5 Å². The van der Waals surface area contributed by atoms with Crippen molar-refractivity contribution in [2.24, 2.45) is 0 Å². The second-order valence-electron chi connectivity index (χ2n) is 3.99. The van der Waals surface area contributed by atoms with E-state index in [4.69, 9.17) is 9.84 Å². The smallest absolute Gasteiger partial charge is 0.328 e. The highest BCUT2D eigenvalue weighted by Crippen LogP contribution is 2.28. The van der Waals surface area contributed by atoms with E-state index < -0.39 is 5.97 Å². The van der Waals surface area contributed by atoms with Crippen LogP contribution in [-0.2, 0) is 4.79 Å². The number of ether oxygens (including phenoxy) is 1. The number of carboxylic acids is 1. The molecule has 0 unspecified atom stereocenters. The molecule has 2 aromatic carbocycles. The molecule has 0 aromatic heterocycles. The Morgan fingerprint density at radius 2 is 1.89 bits per heavy atom. The zero-order valence-electron chi connectivity index (χ0n) is 10.5. The van der Waals surface area contributed by atoms with Crippen molar-refractivity contribution in [3.05, 3.63) is 60.2 Å². The van der Waals surface area contributed by atoms with Gasteiger partial charge in [0.1, 0.15) is 5.75 Å². The molecule has 3 heteroatoms. The van der Waals surface area contributed by atoms with Gasteiger partial charge in [0.15, 0.2) is 0 Å². The molecular formula is C16H14O3. The van der Waals surface area contributed by atoms with E-state index in [1.165, 1.54) is 0 Å². The molecule has 0 spiro atoms. The lowest BCUT2D eigenvalue weighted by molar-refractivity contribution is -0.131. The first-order valence-electron chi connectivity index (χ1n) is 5.85. The molecule has 0 bridgehead atoms. The summed E-state index contributed by atoms with van der Waals surface area (Å²) in [6.07, 6.45) is 2.70. The van der Waals surface area contributed by atoms with E-state index in [1.54, 1.807) is 13.2 Å². The van der Waals surface area contributed by atoms with Gasteiger partial charge in [-0.05, 0) is 34.9 Å². The molecule has 0 atom stereocenters. The van der Waals surface area contributed by atoms with E-state index in [-0.39, 0.29) is 0 Å². The molecule has 0 amide bonds. The van der Waals surface area contributed by atoms with E-state index in [9.17, 15) is 4.79 Å². The Labute approximate surface area is 111 Å². The number of carbonyl (C=O) groups is 1. The molecule has 0 saturated carbocycles. The third kappa shape index (κ3) is 3.22. The molecule has 0 aliphatic rings. The van der Waals surface area contributed by atoms with Crippen LogP contribution < -0.4 is 4.74 Å². The molecule has 0 aliphatic heterocycles. The van der Waals surface area contributed by atoms with Crippen LogP contribution in [0.15, 0.2) is 54.6 Å². The Balaban J connectivity index is 2.51. The molecule has 0 fully saturated rings. The summed E-state index contributed by atoms with van der Waals surface area (Å²) < 4.78 is 5.17. The zero-order chi connectivity index (χ0) is 13.7. The maximum absolute atomic E-state index is 10.7. The molecule has 1 N–H and O–H groups in total. The third-order valence-electron chi connectivity index (χ3n) is 2.75. The van der Waals surface area contributed by atoms with Crippen molar-refractivity contribution in [1.29, 1.82) is 0 Å². The summed E-state index contributed by atoms with van der Waals surface area (Å²) in [5, 5.41) is 8.74.